The first-order valence-corrected chi connectivity index (χ1v) is 7.16. The minimum absolute atomic E-state index is 0.249. The third-order valence-corrected chi connectivity index (χ3v) is 3.28. The second kappa shape index (κ2) is 6.76. The van der Waals surface area contributed by atoms with Gasteiger partial charge in [0.15, 0.2) is 0 Å². The van der Waals surface area contributed by atoms with E-state index in [4.69, 9.17) is 9.15 Å². The van der Waals surface area contributed by atoms with Crippen molar-refractivity contribution in [3.63, 3.8) is 0 Å². The average Bonchev–Trinajstić information content (AvgIpc) is 2.76. The van der Waals surface area contributed by atoms with Gasteiger partial charge in [0, 0.05) is 11.6 Å². The normalized spacial score (nSPS) is 11.1. The highest BCUT2D eigenvalue weighted by Gasteiger charge is 2.09. The molecule has 3 nitrogen and oxygen atoms in total. The van der Waals surface area contributed by atoms with Crippen molar-refractivity contribution in [1.82, 2.24) is 5.32 Å². The van der Waals surface area contributed by atoms with Gasteiger partial charge in [-0.15, -0.1) is 0 Å². The fraction of sp³-hybridized carbons (Fsp3) is 0.412. The highest BCUT2D eigenvalue weighted by molar-refractivity contribution is 5.33. The van der Waals surface area contributed by atoms with E-state index in [1.54, 1.807) is 6.07 Å². The third-order valence-electron chi connectivity index (χ3n) is 3.28. The monoisotopic (exact) mass is 291 g/mol. The zero-order chi connectivity index (χ0) is 15.4. The van der Waals surface area contributed by atoms with Crippen molar-refractivity contribution in [1.29, 1.82) is 0 Å². The standard InChI is InChI=1S/C17H22FNO2/c1-11(2)19-9-16-8-14(13(4)21-16)10-20-17-6-5-15(18)7-12(17)3/h5-8,11,19H,9-10H2,1-4H3. The zero-order valence-corrected chi connectivity index (χ0v) is 13.0. The van der Waals surface area contributed by atoms with Crippen LogP contribution in [0.5, 0.6) is 5.75 Å². The molecular formula is C17H22FNO2. The number of nitrogens with one attached hydrogen (secondary N) is 1. The fourth-order valence-electron chi connectivity index (χ4n) is 2.05. The van der Waals surface area contributed by atoms with E-state index in [9.17, 15) is 4.39 Å². The van der Waals surface area contributed by atoms with Gasteiger partial charge in [0.1, 0.15) is 29.7 Å². The Morgan fingerprint density at radius 3 is 2.67 bits per heavy atom. The smallest absolute Gasteiger partial charge is 0.123 e. The van der Waals surface area contributed by atoms with E-state index < -0.39 is 0 Å². The highest BCUT2D eigenvalue weighted by atomic mass is 19.1. The van der Waals surface area contributed by atoms with Crippen LogP contribution in [0.1, 0.15) is 36.5 Å². The Hall–Kier alpha value is -1.81. The van der Waals surface area contributed by atoms with Crippen LogP contribution in [0.2, 0.25) is 0 Å². The van der Waals surface area contributed by atoms with E-state index in [0.717, 1.165) is 22.6 Å². The molecule has 1 heterocycles. The summed E-state index contributed by atoms with van der Waals surface area (Å²) in [5.41, 5.74) is 1.80. The molecule has 21 heavy (non-hydrogen) atoms. The number of aryl methyl sites for hydroxylation is 2. The summed E-state index contributed by atoms with van der Waals surface area (Å²) in [6.45, 7) is 9.07. The first-order valence-electron chi connectivity index (χ1n) is 7.16. The zero-order valence-electron chi connectivity index (χ0n) is 13.0. The van der Waals surface area contributed by atoms with E-state index in [2.05, 4.69) is 19.2 Å². The molecule has 0 amide bonds. The Balaban J connectivity index is 1.99. The second-order valence-electron chi connectivity index (χ2n) is 5.53. The molecule has 2 rings (SSSR count). The molecule has 0 saturated carbocycles. The number of hydrogen-bond donors (Lipinski definition) is 1. The second-order valence-corrected chi connectivity index (χ2v) is 5.53. The maximum atomic E-state index is 13.1. The fourth-order valence-corrected chi connectivity index (χ4v) is 2.05. The van der Waals surface area contributed by atoms with Crippen LogP contribution in [0.25, 0.3) is 0 Å². The topological polar surface area (TPSA) is 34.4 Å². The lowest BCUT2D eigenvalue weighted by Crippen LogP contribution is -2.21. The van der Waals surface area contributed by atoms with E-state index >= 15 is 0 Å². The molecule has 0 aliphatic rings. The van der Waals surface area contributed by atoms with Gasteiger partial charge < -0.3 is 14.5 Å². The molecule has 1 N–H and O–H groups in total. The molecule has 0 atom stereocenters. The molecule has 0 aliphatic heterocycles. The molecule has 0 bridgehead atoms. The number of rotatable bonds is 6. The van der Waals surface area contributed by atoms with Crippen molar-refractivity contribution in [2.45, 2.75) is 46.9 Å². The lowest BCUT2D eigenvalue weighted by atomic mass is 10.2. The van der Waals surface area contributed by atoms with Crippen LogP contribution in [0.15, 0.2) is 28.7 Å². The van der Waals surface area contributed by atoms with E-state index in [1.165, 1.54) is 12.1 Å². The number of ether oxygens (including phenoxy) is 1. The molecule has 0 unspecified atom stereocenters. The maximum Gasteiger partial charge on any atom is 0.123 e. The van der Waals surface area contributed by atoms with Gasteiger partial charge in [-0.1, -0.05) is 13.8 Å². The summed E-state index contributed by atoms with van der Waals surface area (Å²) in [4.78, 5) is 0. The van der Waals surface area contributed by atoms with Gasteiger partial charge in [0.25, 0.3) is 0 Å². The van der Waals surface area contributed by atoms with Gasteiger partial charge in [-0.3, -0.25) is 0 Å². The van der Waals surface area contributed by atoms with E-state index in [1.807, 2.05) is 19.9 Å². The van der Waals surface area contributed by atoms with Crippen molar-refractivity contribution in [3.05, 3.63) is 52.7 Å². The van der Waals surface area contributed by atoms with Gasteiger partial charge in [0.05, 0.1) is 6.54 Å². The Morgan fingerprint density at radius 2 is 2.00 bits per heavy atom. The van der Waals surface area contributed by atoms with E-state index in [-0.39, 0.29) is 5.82 Å². The highest BCUT2D eigenvalue weighted by Crippen LogP contribution is 2.22. The SMILES string of the molecule is Cc1cc(F)ccc1OCc1cc(CNC(C)C)oc1C. The van der Waals surface area contributed by atoms with Gasteiger partial charge in [-0.2, -0.15) is 0 Å². The number of benzene rings is 1. The van der Waals surface area contributed by atoms with Crippen LogP contribution in [-0.2, 0) is 13.2 Å². The largest absolute Gasteiger partial charge is 0.489 e. The van der Waals surface area contributed by atoms with Crippen molar-refractivity contribution in [2.75, 3.05) is 0 Å². The lowest BCUT2D eigenvalue weighted by Gasteiger charge is -2.08. The van der Waals surface area contributed by atoms with Crippen molar-refractivity contribution < 1.29 is 13.5 Å². The summed E-state index contributed by atoms with van der Waals surface area (Å²) in [5, 5.41) is 3.32. The van der Waals surface area contributed by atoms with Crippen molar-refractivity contribution >= 4 is 0 Å². The Labute approximate surface area is 125 Å². The minimum atomic E-state index is -0.249. The summed E-state index contributed by atoms with van der Waals surface area (Å²) in [6.07, 6.45) is 0. The number of halogens is 1. The molecule has 1 aromatic carbocycles. The van der Waals surface area contributed by atoms with Gasteiger partial charge in [0.2, 0.25) is 0 Å². The number of furan rings is 1. The quantitative estimate of drug-likeness (QED) is 0.869. The van der Waals surface area contributed by atoms with Gasteiger partial charge in [-0.25, -0.2) is 4.39 Å². The van der Waals surface area contributed by atoms with Crippen LogP contribution in [0.4, 0.5) is 4.39 Å². The summed E-state index contributed by atoms with van der Waals surface area (Å²) < 4.78 is 24.5. The van der Waals surface area contributed by atoms with Crippen LogP contribution in [0.3, 0.4) is 0 Å². The first-order chi connectivity index (χ1) is 9.95. The first kappa shape index (κ1) is 15.6. The molecule has 0 spiro atoms. The Kier molecular flexibility index (Phi) is 5.02. The minimum Gasteiger partial charge on any atom is -0.489 e. The van der Waals surface area contributed by atoms with Gasteiger partial charge >= 0.3 is 0 Å². The molecule has 114 valence electrons. The summed E-state index contributed by atoms with van der Waals surface area (Å²) in [5.74, 6) is 2.20. The van der Waals surface area contributed by atoms with Crippen LogP contribution >= 0.6 is 0 Å². The molecule has 0 fully saturated rings. The molecule has 0 aliphatic carbocycles. The van der Waals surface area contributed by atoms with Crippen LogP contribution in [-0.4, -0.2) is 6.04 Å². The van der Waals surface area contributed by atoms with Crippen molar-refractivity contribution in [3.8, 4) is 5.75 Å². The van der Waals surface area contributed by atoms with E-state index in [0.29, 0.717) is 24.9 Å². The summed E-state index contributed by atoms with van der Waals surface area (Å²) >= 11 is 0. The average molecular weight is 291 g/mol. The molecule has 2 aromatic rings. The molecule has 4 heteroatoms. The Morgan fingerprint density at radius 1 is 1.24 bits per heavy atom. The van der Waals surface area contributed by atoms with Crippen LogP contribution < -0.4 is 10.1 Å². The molecule has 0 saturated heterocycles. The lowest BCUT2D eigenvalue weighted by molar-refractivity contribution is 0.300. The predicted molar refractivity (Wildman–Crippen MR) is 80.9 cm³/mol. The maximum absolute atomic E-state index is 13.1. The summed E-state index contributed by atoms with van der Waals surface area (Å²) in [6, 6.07) is 6.94. The molecule has 0 radical (unpaired) electrons. The Bertz CT molecular complexity index is 605. The summed E-state index contributed by atoms with van der Waals surface area (Å²) in [7, 11) is 0. The number of hydrogen-bond acceptors (Lipinski definition) is 3. The molecule has 1 aromatic heterocycles. The van der Waals surface area contributed by atoms with Gasteiger partial charge in [-0.05, 0) is 43.7 Å². The third kappa shape index (κ3) is 4.33. The molecular weight excluding hydrogens is 269 g/mol. The predicted octanol–water partition coefficient (Wildman–Crippen LogP) is 4.11. The van der Waals surface area contributed by atoms with Crippen LogP contribution in [0, 0.1) is 19.7 Å². The van der Waals surface area contributed by atoms with Crippen molar-refractivity contribution in [2.24, 2.45) is 0 Å².